The van der Waals surface area contributed by atoms with Gasteiger partial charge in [-0.1, -0.05) is 53.0 Å². The lowest BCUT2D eigenvalue weighted by Gasteiger charge is -2.03. The molecule has 1 amide bonds. The summed E-state index contributed by atoms with van der Waals surface area (Å²) in [6, 6.07) is 13.9. The number of amides is 1. The monoisotopic (exact) mass is 406 g/mol. The van der Waals surface area contributed by atoms with E-state index >= 15 is 0 Å². The van der Waals surface area contributed by atoms with Crippen LogP contribution in [0.3, 0.4) is 0 Å². The normalized spacial score (nSPS) is 11.1. The molecule has 0 bridgehead atoms. The van der Waals surface area contributed by atoms with E-state index in [2.05, 4.69) is 15.6 Å². The molecular weight excluding hydrogens is 395 g/mol. The Morgan fingerprint density at radius 3 is 2.65 bits per heavy atom. The van der Waals surface area contributed by atoms with E-state index in [1.54, 1.807) is 48.0 Å². The first-order valence-corrected chi connectivity index (χ1v) is 8.69. The van der Waals surface area contributed by atoms with Crippen LogP contribution in [-0.4, -0.2) is 21.9 Å². The number of hydrogen-bond donors (Lipinski definition) is 1. The number of hydrazone groups is 1. The minimum atomic E-state index is -0.414. The second kappa shape index (κ2) is 7.91. The molecule has 1 N–H and O–H groups in total. The molecule has 0 fully saturated rings. The molecule has 0 unspecified atom stereocenters. The highest BCUT2D eigenvalue weighted by atomic mass is 35.5. The van der Waals surface area contributed by atoms with Crippen LogP contribution in [0.5, 0.6) is 0 Å². The minimum Gasteiger partial charge on any atom is -0.267 e. The largest absolute Gasteiger partial charge is 0.272 e. The molecule has 132 valence electrons. The minimum absolute atomic E-state index is 0.337. The Morgan fingerprint density at radius 2 is 1.92 bits per heavy atom. The first-order valence-electron chi connectivity index (χ1n) is 7.56. The smallest absolute Gasteiger partial charge is 0.267 e. The summed E-state index contributed by atoms with van der Waals surface area (Å²) in [6.45, 7) is 1.80. The van der Waals surface area contributed by atoms with Gasteiger partial charge in [-0.3, -0.25) is 4.79 Å². The van der Waals surface area contributed by atoms with Gasteiger partial charge < -0.3 is 0 Å². The zero-order chi connectivity index (χ0) is 18.7. The van der Waals surface area contributed by atoms with E-state index in [4.69, 9.17) is 34.8 Å². The van der Waals surface area contributed by atoms with Crippen molar-refractivity contribution in [3.8, 4) is 5.69 Å². The molecule has 0 radical (unpaired) electrons. The Kier molecular flexibility index (Phi) is 5.61. The second-order valence-corrected chi connectivity index (χ2v) is 6.56. The number of aryl methyl sites for hydroxylation is 1. The molecule has 0 aliphatic carbocycles. The van der Waals surface area contributed by atoms with Crippen LogP contribution in [0.25, 0.3) is 5.69 Å². The van der Waals surface area contributed by atoms with Crippen LogP contribution in [0.15, 0.2) is 53.6 Å². The maximum atomic E-state index is 12.1. The zero-order valence-electron chi connectivity index (χ0n) is 13.6. The molecule has 0 saturated carbocycles. The van der Waals surface area contributed by atoms with Crippen molar-refractivity contribution in [1.29, 1.82) is 0 Å². The molecule has 8 heteroatoms. The number of nitrogens with one attached hydrogen (secondary N) is 1. The number of aromatic nitrogens is 2. The topological polar surface area (TPSA) is 59.3 Å². The van der Waals surface area contributed by atoms with Crippen LogP contribution >= 0.6 is 34.8 Å². The fraction of sp³-hybridized carbons (Fsp3) is 0.0556. The Morgan fingerprint density at radius 1 is 1.15 bits per heavy atom. The Hall–Kier alpha value is -2.34. The molecule has 1 heterocycles. The van der Waals surface area contributed by atoms with Crippen LogP contribution in [0.4, 0.5) is 0 Å². The number of hydrogen-bond acceptors (Lipinski definition) is 3. The predicted octanol–water partition coefficient (Wildman–Crippen LogP) is 4.90. The first-order chi connectivity index (χ1) is 12.5. The highest BCUT2D eigenvalue weighted by molar-refractivity contribution is 6.34. The summed E-state index contributed by atoms with van der Waals surface area (Å²) in [4.78, 5) is 12.1. The van der Waals surface area contributed by atoms with Gasteiger partial charge in [0.25, 0.3) is 5.91 Å². The van der Waals surface area contributed by atoms with Gasteiger partial charge in [-0.15, -0.1) is 0 Å². The van der Waals surface area contributed by atoms with Gasteiger partial charge in [0.15, 0.2) is 0 Å². The van der Waals surface area contributed by atoms with E-state index in [0.717, 1.165) is 5.69 Å². The van der Waals surface area contributed by atoms with Gasteiger partial charge in [0.1, 0.15) is 5.15 Å². The first kappa shape index (κ1) is 18.5. The molecule has 5 nitrogen and oxygen atoms in total. The van der Waals surface area contributed by atoms with Crippen molar-refractivity contribution in [2.75, 3.05) is 0 Å². The SMILES string of the molecule is Cc1nn(-c2cccc(Cl)c2)c(Cl)c1/C=N/NC(=O)c1ccccc1Cl. The van der Waals surface area contributed by atoms with Crippen LogP contribution < -0.4 is 5.43 Å². The maximum Gasteiger partial charge on any atom is 0.272 e. The standard InChI is InChI=1S/C18H13Cl3N4O/c1-11-15(10-22-23-18(26)14-7-2-3-8-16(14)20)17(21)25(24-11)13-6-4-5-12(19)9-13/h2-10H,1H3,(H,23,26)/b22-10+. The average Bonchev–Trinajstić information content (AvgIpc) is 2.90. The van der Waals surface area contributed by atoms with Crippen LogP contribution in [0.2, 0.25) is 15.2 Å². The van der Waals surface area contributed by atoms with Crippen molar-refractivity contribution in [2.24, 2.45) is 5.10 Å². The van der Waals surface area contributed by atoms with E-state index in [0.29, 0.717) is 32.0 Å². The van der Waals surface area contributed by atoms with Gasteiger partial charge >= 0.3 is 0 Å². The molecule has 26 heavy (non-hydrogen) atoms. The lowest BCUT2D eigenvalue weighted by molar-refractivity contribution is 0.0955. The summed E-state index contributed by atoms with van der Waals surface area (Å²) < 4.78 is 1.56. The summed E-state index contributed by atoms with van der Waals surface area (Å²) in [5.74, 6) is -0.414. The van der Waals surface area contributed by atoms with Gasteiger partial charge in [-0.2, -0.15) is 10.2 Å². The van der Waals surface area contributed by atoms with Crippen LogP contribution in [-0.2, 0) is 0 Å². The maximum absolute atomic E-state index is 12.1. The fourth-order valence-electron chi connectivity index (χ4n) is 2.30. The zero-order valence-corrected chi connectivity index (χ0v) is 15.8. The van der Waals surface area contributed by atoms with E-state index in [9.17, 15) is 4.79 Å². The molecule has 0 aliphatic rings. The Bertz CT molecular complexity index is 998. The predicted molar refractivity (Wildman–Crippen MR) is 105 cm³/mol. The molecular formula is C18H13Cl3N4O. The van der Waals surface area contributed by atoms with E-state index in [1.165, 1.54) is 6.21 Å². The summed E-state index contributed by atoms with van der Waals surface area (Å²) in [5, 5.41) is 9.64. The van der Waals surface area contributed by atoms with E-state index < -0.39 is 5.91 Å². The van der Waals surface area contributed by atoms with E-state index in [1.807, 2.05) is 12.1 Å². The summed E-state index contributed by atoms with van der Waals surface area (Å²) >= 11 is 18.4. The summed E-state index contributed by atoms with van der Waals surface area (Å²) in [7, 11) is 0. The van der Waals surface area contributed by atoms with Crippen molar-refractivity contribution in [2.45, 2.75) is 6.92 Å². The summed E-state index contributed by atoms with van der Waals surface area (Å²) in [5.41, 5.74) is 4.74. The Labute approximate surface area is 165 Å². The quantitative estimate of drug-likeness (QED) is 0.494. The number of nitrogens with zero attached hydrogens (tertiary/aromatic N) is 3. The number of benzene rings is 2. The highest BCUT2D eigenvalue weighted by Crippen LogP contribution is 2.23. The van der Waals surface area contributed by atoms with Crippen molar-refractivity contribution in [3.63, 3.8) is 0 Å². The fourth-order valence-corrected chi connectivity index (χ4v) is 3.02. The number of carbonyl (C=O) groups excluding carboxylic acids is 1. The molecule has 1 aromatic heterocycles. The summed E-state index contributed by atoms with van der Waals surface area (Å²) in [6.07, 6.45) is 1.44. The molecule has 2 aromatic carbocycles. The lowest BCUT2D eigenvalue weighted by atomic mass is 10.2. The molecule has 0 saturated heterocycles. The van der Waals surface area contributed by atoms with Crippen LogP contribution in [0, 0.1) is 6.92 Å². The van der Waals surface area contributed by atoms with Crippen molar-refractivity contribution < 1.29 is 4.79 Å². The number of halogens is 3. The van der Waals surface area contributed by atoms with Gasteiger partial charge in [-0.05, 0) is 37.3 Å². The average molecular weight is 408 g/mol. The second-order valence-electron chi connectivity index (χ2n) is 5.36. The van der Waals surface area contributed by atoms with Gasteiger partial charge in [0.2, 0.25) is 0 Å². The highest BCUT2D eigenvalue weighted by Gasteiger charge is 2.14. The molecule has 0 atom stereocenters. The Balaban J connectivity index is 1.81. The van der Waals surface area contributed by atoms with Gasteiger partial charge in [0, 0.05) is 5.02 Å². The number of rotatable bonds is 4. The van der Waals surface area contributed by atoms with Gasteiger partial charge in [-0.25, -0.2) is 10.1 Å². The molecule has 3 aromatic rings. The third-order valence-corrected chi connectivity index (χ3v) is 4.51. The molecule has 3 rings (SSSR count). The van der Waals surface area contributed by atoms with Crippen molar-refractivity contribution in [3.05, 3.63) is 80.6 Å². The van der Waals surface area contributed by atoms with Crippen LogP contribution in [0.1, 0.15) is 21.6 Å². The molecule has 0 spiro atoms. The van der Waals surface area contributed by atoms with Crippen molar-refractivity contribution in [1.82, 2.24) is 15.2 Å². The lowest BCUT2D eigenvalue weighted by Crippen LogP contribution is -2.18. The third-order valence-electron chi connectivity index (χ3n) is 3.58. The van der Waals surface area contributed by atoms with E-state index in [-0.39, 0.29) is 0 Å². The van der Waals surface area contributed by atoms with Crippen molar-refractivity contribution >= 4 is 46.9 Å². The third kappa shape index (κ3) is 3.90. The number of carbonyl (C=O) groups is 1. The molecule has 0 aliphatic heterocycles. The van der Waals surface area contributed by atoms with Gasteiger partial charge in [0.05, 0.1) is 33.7 Å².